The molecule has 232 valence electrons. The van der Waals surface area contributed by atoms with Gasteiger partial charge >= 0.3 is 6.09 Å². The van der Waals surface area contributed by atoms with Crippen LogP contribution in [0.15, 0.2) is 24.3 Å². The first kappa shape index (κ1) is 31.3. The summed E-state index contributed by atoms with van der Waals surface area (Å²) in [5, 5.41) is 7.98. The highest BCUT2D eigenvalue weighted by atomic mass is 35.5. The van der Waals surface area contributed by atoms with Crippen LogP contribution in [-0.2, 0) is 17.7 Å². The third kappa shape index (κ3) is 7.16. The van der Waals surface area contributed by atoms with E-state index in [1.807, 2.05) is 26.8 Å². The highest BCUT2D eigenvalue weighted by Gasteiger charge is 2.37. The van der Waals surface area contributed by atoms with Crippen molar-refractivity contribution in [1.29, 1.82) is 0 Å². The van der Waals surface area contributed by atoms with Gasteiger partial charge in [-0.2, -0.15) is 0 Å². The maximum atomic E-state index is 13.6. The van der Waals surface area contributed by atoms with Gasteiger partial charge in [-0.05, 0) is 71.7 Å². The van der Waals surface area contributed by atoms with Crippen LogP contribution >= 0.6 is 22.9 Å². The fraction of sp³-hybridized carbons (Fsp3) is 0.548. The number of piperidine rings is 1. The number of carbonyl (C=O) groups excluding carboxylic acids is 3. The Balaban J connectivity index is 1.33. The van der Waals surface area contributed by atoms with Gasteiger partial charge in [-0.1, -0.05) is 18.5 Å². The Bertz CT molecular complexity index is 1530. The van der Waals surface area contributed by atoms with Gasteiger partial charge in [0.2, 0.25) is 0 Å². The summed E-state index contributed by atoms with van der Waals surface area (Å²) < 4.78 is 5.60. The van der Waals surface area contributed by atoms with E-state index in [2.05, 4.69) is 41.3 Å². The van der Waals surface area contributed by atoms with Crippen molar-refractivity contribution in [3.63, 3.8) is 0 Å². The number of aromatic nitrogens is 2. The molecule has 3 aromatic rings. The number of hydrogen-bond acceptors (Lipinski definition) is 7. The van der Waals surface area contributed by atoms with E-state index in [4.69, 9.17) is 21.3 Å². The van der Waals surface area contributed by atoms with Gasteiger partial charge in [-0.25, -0.2) is 9.78 Å². The lowest BCUT2D eigenvalue weighted by molar-refractivity contribution is 0.0161. The number of rotatable bonds is 6. The maximum Gasteiger partial charge on any atom is 0.410 e. The van der Waals surface area contributed by atoms with Crippen molar-refractivity contribution < 1.29 is 19.1 Å². The second-order valence-corrected chi connectivity index (χ2v) is 14.5. The van der Waals surface area contributed by atoms with E-state index in [9.17, 15) is 14.4 Å². The molecule has 1 saturated heterocycles. The number of H-pyrrole nitrogens is 1. The van der Waals surface area contributed by atoms with Crippen LogP contribution in [0, 0.1) is 0 Å². The molecule has 2 aromatic heterocycles. The summed E-state index contributed by atoms with van der Waals surface area (Å²) in [5.74, 6) is -0.609. The molecule has 43 heavy (non-hydrogen) atoms. The maximum absolute atomic E-state index is 13.6. The zero-order valence-corrected chi connectivity index (χ0v) is 27.2. The van der Waals surface area contributed by atoms with Crippen LogP contribution in [0.2, 0.25) is 5.02 Å². The van der Waals surface area contributed by atoms with Crippen LogP contribution < -0.4 is 10.6 Å². The number of aromatic amines is 1. The Morgan fingerprint density at radius 1 is 1.09 bits per heavy atom. The Morgan fingerprint density at radius 2 is 1.84 bits per heavy atom. The molecule has 1 aromatic carbocycles. The molecule has 0 unspecified atom stereocenters. The van der Waals surface area contributed by atoms with Gasteiger partial charge in [0.25, 0.3) is 11.8 Å². The monoisotopic (exact) mass is 628 g/mol. The molecule has 0 aliphatic carbocycles. The number of thiazole rings is 1. The van der Waals surface area contributed by atoms with Crippen molar-refractivity contribution in [2.45, 2.75) is 90.6 Å². The van der Waals surface area contributed by atoms with Crippen molar-refractivity contribution in [2.24, 2.45) is 0 Å². The predicted molar refractivity (Wildman–Crippen MR) is 169 cm³/mol. The Morgan fingerprint density at radius 3 is 2.56 bits per heavy atom. The quantitative estimate of drug-likeness (QED) is 0.338. The van der Waals surface area contributed by atoms with Crippen LogP contribution in [0.5, 0.6) is 0 Å². The highest BCUT2D eigenvalue weighted by Crippen LogP contribution is 2.31. The molecule has 2 atom stereocenters. The number of hydrogen-bond donors (Lipinski definition) is 3. The standard InChI is InChI=1S/C31H41ClN6O4S/c1-7-31(5,6)38-13-11-22-25(17-38)43-28(36-22)27(40)35-24-16-37(29(41)42-30(2,3)4)12-10-21(24)34-26(39)23-15-18-14-19(32)8-9-20(18)33-23/h8-9,14-15,21,24,33H,7,10-13,16-17H2,1-6H3,(H,34,39)(H,35,40)/t21-,24+/m0/s1. The summed E-state index contributed by atoms with van der Waals surface area (Å²) in [5.41, 5.74) is 1.58. The highest BCUT2D eigenvalue weighted by molar-refractivity contribution is 7.13. The first-order valence-corrected chi connectivity index (χ1v) is 16.0. The average molecular weight is 629 g/mol. The van der Waals surface area contributed by atoms with Gasteiger partial charge in [0.15, 0.2) is 5.01 Å². The van der Waals surface area contributed by atoms with Crippen molar-refractivity contribution in [2.75, 3.05) is 19.6 Å². The van der Waals surface area contributed by atoms with Crippen molar-refractivity contribution in [1.82, 2.24) is 30.4 Å². The molecule has 5 rings (SSSR count). The zero-order valence-electron chi connectivity index (χ0n) is 25.7. The van der Waals surface area contributed by atoms with E-state index in [-0.39, 0.29) is 23.9 Å². The molecule has 12 heteroatoms. The Hall–Kier alpha value is -3.15. The molecule has 0 radical (unpaired) electrons. The van der Waals surface area contributed by atoms with E-state index < -0.39 is 23.8 Å². The molecule has 0 spiro atoms. The van der Waals surface area contributed by atoms with Crippen LogP contribution in [0.25, 0.3) is 10.9 Å². The third-order valence-corrected chi connectivity index (χ3v) is 9.69. The van der Waals surface area contributed by atoms with Crippen LogP contribution in [0.4, 0.5) is 4.79 Å². The van der Waals surface area contributed by atoms with Gasteiger partial charge < -0.3 is 25.3 Å². The van der Waals surface area contributed by atoms with Crippen molar-refractivity contribution >= 4 is 51.7 Å². The summed E-state index contributed by atoms with van der Waals surface area (Å²) in [4.78, 5) is 52.8. The lowest BCUT2D eigenvalue weighted by Crippen LogP contribution is -2.61. The topological polar surface area (TPSA) is 120 Å². The lowest BCUT2D eigenvalue weighted by atomic mass is 9.97. The van der Waals surface area contributed by atoms with Crippen molar-refractivity contribution in [3.05, 3.63) is 50.6 Å². The number of nitrogens with one attached hydrogen (secondary N) is 3. The SMILES string of the molecule is CCC(C)(C)N1CCc2nc(C(=O)N[C@@H]3CN(C(=O)OC(C)(C)C)CC[C@@H]3NC(=O)c3cc4cc(Cl)ccc4[nH]3)sc2C1. The molecule has 3 amide bonds. The number of halogens is 1. The number of amides is 3. The summed E-state index contributed by atoms with van der Waals surface area (Å²) in [6.07, 6.45) is 1.82. The summed E-state index contributed by atoms with van der Waals surface area (Å²) in [7, 11) is 0. The molecule has 0 bridgehead atoms. The lowest BCUT2D eigenvalue weighted by Gasteiger charge is -2.39. The van der Waals surface area contributed by atoms with Crippen molar-refractivity contribution in [3.8, 4) is 0 Å². The van der Waals surface area contributed by atoms with E-state index in [0.29, 0.717) is 28.7 Å². The van der Waals surface area contributed by atoms with E-state index in [1.54, 1.807) is 23.1 Å². The molecule has 3 N–H and O–H groups in total. The van der Waals surface area contributed by atoms with Crippen LogP contribution in [0.1, 0.15) is 85.2 Å². The second-order valence-electron chi connectivity index (χ2n) is 13.0. The minimum Gasteiger partial charge on any atom is -0.444 e. The van der Waals surface area contributed by atoms with Crippen LogP contribution in [-0.4, -0.2) is 80.5 Å². The first-order valence-electron chi connectivity index (χ1n) is 14.8. The minimum absolute atomic E-state index is 0.0694. The molecule has 2 aliphatic rings. The Kier molecular flexibility index (Phi) is 8.79. The summed E-state index contributed by atoms with van der Waals surface area (Å²) in [6.45, 7) is 14.4. The molecule has 1 fully saturated rings. The number of likely N-dealkylation sites (tertiary alicyclic amines) is 1. The molecular formula is C31H41ClN6O4S. The Labute approximate surface area is 261 Å². The first-order chi connectivity index (χ1) is 20.2. The van der Waals surface area contributed by atoms with Gasteiger partial charge in [0.1, 0.15) is 11.3 Å². The smallest absolute Gasteiger partial charge is 0.410 e. The molecule has 2 aliphatic heterocycles. The second kappa shape index (κ2) is 12.1. The van der Waals surface area contributed by atoms with E-state index in [1.165, 1.54) is 11.3 Å². The number of benzene rings is 1. The zero-order chi connectivity index (χ0) is 31.1. The third-order valence-electron chi connectivity index (χ3n) is 8.37. The van der Waals surface area contributed by atoms with Crippen LogP contribution in [0.3, 0.4) is 0 Å². The van der Waals surface area contributed by atoms with Gasteiger partial charge in [-0.15, -0.1) is 11.3 Å². The van der Waals surface area contributed by atoms with E-state index in [0.717, 1.165) is 47.4 Å². The summed E-state index contributed by atoms with van der Waals surface area (Å²) >= 11 is 7.54. The predicted octanol–water partition coefficient (Wildman–Crippen LogP) is 5.36. The fourth-order valence-corrected chi connectivity index (χ4v) is 6.71. The number of fused-ring (bicyclic) bond motifs is 2. The number of carbonyl (C=O) groups is 3. The number of nitrogens with zero attached hydrogens (tertiary/aromatic N) is 3. The number of ether oxygens (including phenoxy) is 1. The summed E-state index contributed by atoms with van der Waals surface area (Å²) in [6, 6.07) is 6.17. The van der Waals surface area contributed by atoms with E-state index >= 15 is 0 Å². The fourth-order valence-electron chi connectivity index (χ4n) is 5.50. The van der Waals surface area contributed by atoms with Gasteiger partial charge in [0.05, 0.1) is 17.8 Å². The van der Waals surface area contributed by atoms with Gasteiger partial charge in [-0.3, -0.25) is 14.5 Å². The molecular weight excluding hydrogens is 588 g/mol. The normalized spacial score (nSPS) is 19.7. The average Bonchev–Trinajstić information content (AvgIpc) is 3.56. The minimum atomic E-state index is -0.653. The largest absolute Gasteiger partial charge is 0.444 e. The molecule has 0 saturated carbocycles. The van der Waals surface area contributed by atoms with Gasteiger partial charge in [0, 0.05) is 58.9 Å². The molecule has 10 nitrogen and oxygen atoms in total. The molecule has 4 heterocycles.